The van der Waals surface area contributed by atoms with Gasteiger partial charge in [-0.15, -0.1) is 0 Å². The van der Waals surface area contributed by atoms with Crippen molar-refractivity contribution in [3.8, 4) is 5.75 Å². The van der Waals surface area contributed by atoms with Crippen molar-refractivity contribution in [1.29, 1.82) is 0 Å². The molecule has 2 N–H and O–H groups in total. The zero-order valence-corrected chi connectivity index (χ0v) is 14.5. The van der Waals surface area contributed by atoms with E-state index in [2.05, 4.69) is 15.5 Å². The minimum absolute atomic E-state index is 0.116. The first-order valence-corrected chi connectivity index (χ1v) is 7.98. The quantitative estimate of drug-likeness (QED) is 0.759. The van der Waals surface area contributed by atoms with E-state index in [4.69, 9.17) is 21.4 Å². The number of rotatable bonds is 7. The molecular weight excluding hydrogens is 310 g/mol. The summed E-state index contributed by atoms with van der Waals surface area (Å²) in [6.07, 6.45) is 1.68. The predicted octanol–water partition coefficient (Wildman–Crippen LogP) is 3.27. The molecule has 1 heterocycles. The summed E-state index contributed by atoms with van der Waals surface area (Å²) in [5.74, 6) is 1.76. The molecule has 2 aromatic rings. The lowest BCUT2D eigenvalue weighted by atomic mass is 10.2. The molecule has 0 saturated carbocycles. The number of nitrogens with one attached hydrogen (secondary N) is 2. The second-order valence-electron chi connectivity index (χ2n) is 5.29. The Morgan fingerprint density at radius 1 is 1.26 bits per heavy atom. The standard InChI is InChI=1S/C17H23N3O2S/c1-4-21-14-9-7-13(8-10-14)19-17(23)18-12-15(20(2)3)16-6-5-11-22-16/h5-11,15H,4,12H2,1-3H3,(H2,18,19,23)/t15-/m0/s1. The van der Waals surface area contributed by atoms with E-state index in [0.29, 0.717) is 18.3 Å². The van der Waals surface area contributed by atoms with Crippen molar-refractivity contribution < 1.29 is 9.15 Å². The number of hydrogen-bond donors (Lipinski definition) is 2. The first-order chi connectivity index (χ1) is 11.1. The first-order valence-electron chi connectivity index (χ1n) is 7.57. The van der Waals surface area contributed by atoms with Crippen molar-refractivity contribution in [2.24, 2.45) is 0 Å². The van der Waals surface area contributed by atoms with Crippen LogP contribution in [-0.2, 0) is 0 Å². The maximum atomic E-state index is 5.48. The van der Waals surface area contributed by atoms with E-state index < -0.39 is 0 Å². The van der Waals surface area contributed by atoms with Gasteiger partial charge in [0.2, 0.25) is 0 Å². The number of anilines is 1. The number of benzene rings is 1. The van der Waals surface area contributed by atoms with Crippen LogP contribution in [-0.4, -0.2) is 37.3 Å². The van der Waals surface area contributed by atoms with E-state index in [1.807, 2.05) is 57.4 Å². The third kappa shape index (κ3) is 5.26. The fourth-order valence-electron chi connectivity index (χ4n) is 2.18. The Bertz CT molecular complexity index is 597. The van der Waals surface area contributed by atoms with Gasteiger partial charge in [-0.3, -0.25) is 4.90 Å². The molecular formula is C17H23N3O2S. The average Bonchev–Trinajstić information content (AvgIpc) is 3.03. The summed E-state index contributed by atoms with van der Waals surface area (Å²) in [6.45, 7) is 3.28. The zero-order valence-electron chi connectivity index (χ0n) is 13.7. The van der Waals surface area contributed by atoms with Crippen LogP contribution in [0.2, 0.25) is 0 Å². The van der Waals surface area contributed by atoms with Gasteiger partial charge in [0.15, 0.2) is 5.11 Å². The van der Waals surface area contributed by atoms with Crippen LogP contribution >= 0.6 is 12.2 Å². The van der Waals surface area contributed by atoms with Crippen LogP contribution in [0.5, 0.6) is 5.75 Å². The highest BCUT2D eigenvalue weighted by Gasteiger charge is 2.16. The summed E-state index contributed by atoms with van der Waals surface area (Å²) in [5.41, 5.74) is 0.922. The number of hydrogen-bond acceptors (Lipinski definition) is 4. The Kier molecular flexibility index (Phi) is 6.43. The molecule has 0 aliphatic rings. The number of furan rings is 1. The molecule has 1 aromatic heterocycles. The van der Waals surface area contributed by atoms with Crippen molar-refractivity contribution in [3.63, 3.8) is 0 Å². The van der Waals surface area contributed by atoms with E-state index in [1.165, 1.54) is 0 Å². The van der Waals surface area contributed by atoms with Crippen molar-refractivity contribution in [2.45, 2.75) is 13.0 Å². The van der Waals surface area contributed by atoms with Crippen LogP contribution in [0.4, 0.5) is 5.69 Å². The molecule has 1 atom stereocenters. The molecule has 0 aliphatic carbocycles. The summed E-state index contributed by atoms with van der Waals surface area (Å²) in [5, 5.41) is 6.97. The van der Waals surface area contributed by atoms with Crippen molar-refractivity contribution in [1.82, 2.24) is 10.2 Å². The van der Waals surface area contributed by atoms with Gasteiger partial charge in [-0.2, -0.15) is 0 Å². The largest absolute Gasteiger partial charge is 0.494 e. The molecule has 2 rings (SSSR count). The van der Waals surface area contributed by atoms with Gasteiger partial charge in [0, 0.05) is 12.2 Å². The molecule has 124 valence electrons. The topological polar surface area (TPSA) is 49.7 Å². The highest BCUT2D eigenvalue weighted by Crippen LogP contribution is 2.18. The monoisotopic (exact) mass is 333 g/mol. The maximum absolute atomic E-state index is 5.48. The van der Waals surface area contributed by atoms with Crippen LogP contribution in [0, 0.1) is 0 Å². The lowest BCUT2D eigenvalue weighted by Gasteiger charge is -2.23. The van der Waals surface area contributed by atoms with Gasteiger partial charge in [0.05, 0.1) is 18.9 Å². The summed E-state index contributed by atoms with van der Waals surface area (Å²) < 4.78 is 10.9. The van der Waals surface area contributed by atoms with Crippen LogP contribution in [0.15, 0.2) is 47.1 Å². The molecule has 5 nitrogen and oxygen atoms in total. The van der Waals surface area contributed by atoms with Gasteiger partial charge in [0.25, 0.3) is 0 Å². The lowest BCUT2D eigenvalue weighted by molar-refractivity contribution is 0.259. The Labute approximate surface area is 142 Å². The molecule has 0 amide bonds. The van der Waals surface area contributed by atoms with Crippen molar-refractivity contribution in [3.05, 3.63) is 48.4 Å². The van der Waals surface area contributed by atoms with Crippen LogP contribution < -0.4 is 15.4 Å². The number of likely N-dealkylation sites (N-methyl/N-ethyl adjacent to an activating group) is 1. The van der Waals surface area contributed by atoms with Gasteiger partial charge in [-0.05, 0) is 69.6 Å². The normalized spacial score (nSPS) is 12.0. The minimum Gasteiger partial charge on any atom is -0.494 e. The van der Waals surface area contributed by atoms with Crippen molar-refractivity contribution >= 4 is 23.0 Å². The van der Waals surface area contributed by atoms with Gasteiger partial charge < -0.3 is 19.8 Å². The summed E-state index contributed by atoms with van der Waals surface area (Å²) in [6, 6.07) is 11.7. The molecule has 0 bridgehead atoms. The summed E-state index contributed by atoms with van der Waals surface area (Å²) in [7, 11) is 4.02. The van der Waals surface area contributed by atoms with Crippen LogP contribution in [0.1, 0.15) is 18.7 Å². The third-order valence-electron chi connectivity index (χ3n) is 3.37. The molecule has 0 saturated heterocycles. The van der Waals surface area contributed by atoms with Gasteiger partial charge >= 0.3 is 0 Å². The summed E-state index contributed by atoms with van der Waals surface area (Å²) >= 11 is 5.35. The smallest absolute Gasteiger partial charge is 0.170 e. The molecule has 6 heteroatoms. The molecule has 1 aromatic carbocycles. The van der Waals surface area contributed by atoms with Crippen LogP contribution in [0.25, 0.3) is 0 Å². The molecule has 0 aliphatic heterocycles. The Balaban J connectivity index is 1.86. The van der Waals surface area contributed by atoms with E-state index in [0.717, 1.165) is 17.2 Å². The average molecular weight is 333 g/mol. The molecule has 0 unspecified atom stereocenters. The van der Waals surface area contributed by atoms with E-state index >= 15 is 0 Å². The number of thiocarbonyl (C=S) groups is 1. The Morgan fingerprint density at radius 3 is 2.57 bits per heavy atom. The molecule has 0 fully saturated rings. The minimum atomic E-state index is 0.116. The van der Waals surface area contributed by atoms with E-state index in [1.54, 1.807) is 6.26 Å². The van der Waals surface area contributed by atoms with Gasteiger partial charge in [0.1, 0.15) is 11.5 Å². The highest BCUT2D eigenvalue weighted by molar-refractivity contribution is 7.80. The molecule has 0 spiro atoms. The second-order valence-corrected chi connectivity index (χ2v) is 5.70. The van der Waals surface area contributed by atoms with Gasteiger partial charge in [-0.1, -0.05) is 0 Å². The number of ether oxygens (including phenoxy) is 1. The number of nitrogens with zero attached hydrogens (tertiary/aromatic N) is 1. The SMILES string of the molecule is CCOc1ccc(NC(=S)NC[C@@H](c2ccco2)N(C)C)cc1. The highest BCUT2D eigenvalue weighted by atomic mass is 32.1. The van der Waals surface area contributed by atoms with Gasteiger partial charge in [-0.25, -0.2) is 0 Å². The Hall–Kier alpha value is -2.05. The zero-order chi connectivity index (χ0) is 16.7. The van der Waals surface area contributed by atoms with Crippen molar-refractivity contribution in [2.75, 3.05) is 32.6 Å². The maximum Gasteiger partial charge on any atom is 0.170 e. The fraction of sp³-hybridized carbons (Fsp3) is 0.353. The first kappa shape index (κ1) is 17.3. The van der Waals surface area contributed by atoms with E-state index in [9.17, 15) is 0 Å². The lowest BCUT2D eigenvalue weighted by Crippen LogP contribution is -2.36. The Morgan fingerprint density at radius 2 is 2.00 bits per heavy atom. The third-order valence-corrected chi connectivity index (χ3v) is 3.62. The summed E-state index contributed by atoms with van der Waals surface area (Å²) in [4.78, 5) is 2.09. The molecule has 23 heavy (non-hydrogen) atoms. The van der Waals surface area contributed by atoms with Crippen LogP contribution in [0.3, 0.4) is 0 Å². The second kappa shape index (κ2) is 8.55. The predicted molar refractivity (Wildman–Crippen MR) is 97.0 cm³/mol. The van der Waals surface area contributed by atoms with E-state index in [-0.39, 0.29) is 6.04 Å². The fourth-order valence-corrected chi connectivity index (χ4v) is 2.39. The molecule has 0 radical (unpaired) electrons.